The number of nitrogens with zero attached hydrogens (tertiary/aromatic N) is 1. The van der Waals surface area contributed by atoms with Gasteiger partial charge in [0.25, 0.3) is 5.91 Å². The molecular formula is C22H22BrN3O4. The summed E-state index contributed by atoms with van der Waals surface area (Å²) in [6.45, 7) is 1.69. The summed E-state index contributed by atoms with van der Waals surface area (Å²) in [5.41, 5.74) is 2.20. The predicted octanol–water partition coefficient (Wildman–Crippen LogP) is 4.00. The minimum absolute atomic E-state index is 0.266. The number of carbonyl (C=O) groups excluding carboxylic acids is 2. The van der Waals surface area contributed by atoms with Crippen LogP contribution in [0.3, 0.4) is 0 Å². The summed E-state index contributed by atoms with van der Waals surface area (Å²) in [5.74, 6) is -0.203. The van der Waals surface area contributed by atoms with Gasteiger partial charge in [0, 0.05) is 21.8 Å². The van der Waals surface area contributed by atoms with Crippen LogP contribution in [0.25, 0.3) is 11.3 Å². The molecule has 30 heavy (non-hydrogen) atoms. The average Bonchev–Trinajstić information content (AvgIpc) is 3.37. The van der Waals surface area contributed by atoms with E-state index in [-0.39, 0.29) is 23.4 Å². The molecule has 1 saturated carbocycles. The molecule has 0 bridgehead atoms. The molecule has 1 aliphatic carbocycles. The summed E-state index contributed by atoms with van der Waals surface area (Å²) in [6.07, 6.45) is 4.34. The van der Waals surface area contributed by atoms with Gasteiger partial charge in [0.15, 0.2) is 5.78 Å². The maximum atomic E-state index is 13.2. The van der Waals surface area contributed by atoms with E-state index < -0.39 is 6.10 Å². The maximum Gasteiger partial charge on any atom is 0.268 e. The highest BCUT2D eigenvalue weighted by Crippen LogP contribution is 2.29. The van der Waals surface area contributed by atoms with E-state index in [4.69, 9.17) is 4.52 Å². The molecule has 2 heterocycles. The number of carbonyl (C=O) groups is 2. The maximum absolute atomic E-state index is 13.2. The van der Waals surface area contributed by atoms with Gasteiger partial charge >= 0.3 is 0 Å². The molecule has 1 aromatic carbocycles. The number of halogens is 1. The van der Waals surface area contributed by atoms with Crippen LogP contribution in [0, 0.1) is 6.92 Å². The van der Waals surface area contributed by atoms with Crippen molar-refractivity contribution in [1.29, 1.82) is 0 Å². The third kappa shape index (κ3) is 4.11. The van der Waals surface area contributed by atoms with Gasteiger partial charge in [0.1, 0.15) is 17.1 Å². The molecule has 0 radical (unpaired) electrons. The molecule has 1 aliphatic rings. The third-order valence-corrected chi connectivity index (χ3v) is 5.97. The second kappa shape index (κ2) is 8.57. The van der Waals surface area contributed by atoms with Gasteiger partial charge in [-0.1, -0.05) is 46.1 Å². The van der Waals surface area contributed by atoms with Crippen LogP contribution in [0.1, 0.15) is 57.9 Å². The van der Waals surface area contributed by atoms with Gasteiger partial charge in [-0.3, -0.25) is 9.59 Å². The van der Waals surface area contributed by atoms with Gasteiger partial charge in [0.2, 0.25) is 0 Å². The highest BCUT2D eigenvalue weighted by Gasteiger charge is 2.27. The second-order valence-electron chi connectivity index (χ2n) is 7.53. The van der Waals surface area contributed by atoms with Crippen molar-refractivity contribution in [2.45, 2.75) is 44.8 Å². The smallest absolute Gasteiger partial charge is 0.268 e. The number of aryl methyl sites for hydroxylation is 1. The lowest BCUT2D eigenvalue weighted by molar-refractivity contribution is 0.0714. The Morgan fingerprint density at radius 3 is 2.70 bits per heavy atom. The molecule has 1 fully saturated rings. The monoisotopic (exact) mass is 471 g/mol. The van der Waals surface area contributed by atoms with Crippen LogP contribution in [0.2, 0.25) is 0 Å². The van der Waals surface area contributed by atoms with Gasteiger partial charge in [-0.05, 0) is 38.0 Å². The first-order valence-corrected chi connectivity index (χ1v) is 10.7. The Balaban J connectivity index is 1.55. The van der Waals surface area contributed by atoms with Crippen molar-refractivity contribution in [3.63, 3.8) is 0 Å². The number of H-pyrrole nitrogens is 1. The largest absolute Gasteiger partial charge is 0.391 e. The zero-order valence-electron chi connectivity index (χ0n) is 16.4. The highest BCUT2D eigenvalue weighted by atomic mass is 79.9. The van der Waals surface area contributed by atoms with Gasteiger partial charge in [-0.15, -0.1) is 0 Å². The molecule has 0 spiro atoms. The van der Waals surface area contributed by atoms with Gasteiger partial charge < -0.3 is 19.9 Å². The SMILES string of the molecule is Cc1onc(-c2ccc(Br)cc2)c1C(=O)c1c[nH]c(C(=O)N[C@@H]2CCCC[C@H]2O)c1. The number of rotatable bonds is 5. The van der Waals surface area contributed by atoms with Crippen molar-refractivity contribution < 1.29 is 19.2 Å². The molecule has 8 heteroatoms. The van der Waals surface area contributed by atoms with Crippen LogP contribution in [-0.4, -0.2) is 39.1 Å². The fraction of sp³-hybridized carbons (Fsp3) is 0.318. The number of nitrogens with one attached hydrogen (secondary N) is 2. The van der Waals surface area contributed by atoms with Crippen molar-refractivity contribution in [3.8, 4) is 11.3 Å². The van der Waals surface area contributed by atoms with E-state index in [2.05, 4.69) is 31.4 Å². The fourth-order valence-electron chi connectivity index (χ4n) is 3.77. The number of aliphatic hydroxyl groups excluding tert-OH is 1. The lowest BCUT2D eigenvalue weighted by Gasteiger charge is -2.28. The van der Waals surface area contributed by atoms with Gasteiger partial charge in [-0.25, -0.2) is 0 Å². The van der Waals surface area contributed by atoms with E-state index in [0.717, 1.165) is 29.3 Å². The summed E-state index contributed by atoms with van der Waals surface area (Å²) in [6, 6.07) is 8.69. The number of aliphatic hydroxyl groups is 1. The first-order chi connectivity index (χ1) is 14.4. The molecule has 0 saturated heterocycles. The van der Waals surface area contributed by atoms with Crippen LogP contribution in [0.4, 0.5) is 0 Å². The van der Waals surface area contributed by atoms with Crippen LogP contribution in [0.5, 0.6) is 0 Å². The number of aromatic amines is 1. The Morgan fingerprint density at radius 1 is 1.23 bits per heavy atom. The number of ketones is 1. The Morgan fingerprint density at radius 2 is 1.97 bits per heavy atom. The van der Waals surface area contributed by atoms with Crippen LogP contribution < -0.4 is 5.32 Å². The van der Waals surface area contributed by atoms with Crippen LogP contribution in [0.15, 0.2) is 45.5 Å². The Hall–Kier alpha value is -2.71. The normalized spacial score (nSPS) is 18.9. The van der Waals surface area contributed by atoms with Crippen LogP contribution in [-0.2, 0) is 0 Å². The lowest BCUT2D eigenvalue weighted by Crippen LogP contribution is -2.45. The quantitative estimate of drug-likeness (QED) is 0.487. The van der Waals surface area contributed by atoms with Crippen molar-refractivity contribution in [3.05, 3.63) is 63.6 Å². The van der Waals surface area contributed by atoms with Crippen molar-refractivity contribution in [2.24, 2.45) is 0 Å². The van der Waals surface area contributed by atoms with E-state index in [1.807, 2.05) is 24.3 Å². The minimum Gasteiger partial charge on any atom is -0.391 e. The molecule has 0 unspecified atom stereocenters. The number of aromatic nitrogens is 2. The molecule has 3 N–H and O–H groups in total. The fourth-order valence-corrected chi connectivity index (χ4v) is 4.04. The summed E-state index contributed by atoms with van der Waals surface area (Å²) >= 11 is 3.39. The van der Waals surface area contributed by atoms with Crippen LogP contribution >= 0.6 is 15.9 Å². The topological polar surface area (TPSA) is 108 Å². The minimum atomic E-state index is -0.535. The number of hydrogen-bond donors (Lipinski definition) is 3. The lowest BCUT2D eigenvalue weighted by atomic mass is 9.92. The first kappa shape index (κ1) is 20.6. The van der Waals surface area contributed by atoms with E-state index in [1.165, 1.54) is 12.3 Å². The predicted molar refractivity (Wildman–Crippen MR) is 114 cm³/mol. The van der Waals surface area contributed by atoms with Crippen molar-refractivity contribution in [1.82, 2.24) is 15.5 Å². The highest BCUT2D eigenvalue weighted by molar-refractivity contribution is 9.10. The third-order valence-electron chi connectivity index (χ3n) is 5.44. The van der Waals surface area contributed by atoms with Crippen molar-refractivity contribution in [2.75, 3.05) is 0 Å². The molecule has 2 atom stereocenters. The summed E-state index contributed by atoms with van der Waals surface area (Å²) in [7, 11) is 0. The first-order valence-electron chi connectivity index (χ1n) is 9.88. The summed E-state index contributed by atoms with van der Waals surface area (Å²) in [4.78, 5) is 28.6. The van der Waals surface area contributed by atoms with Crippen molar-refractivity contribution >= 4 is 27.6 Å². The standard InChI is InChI=1S/C22H22BrN3O4/c1-12-19(20(26-30-12)13-6-8-15(23)9-7-13)21(28)14-10-17(24-11-14)22(29)25-16-4-2-3-5-18(16)27/h6-11,16,18,24,27H,2-5H2,1H3,(H,25,29)/t16-,18-/m1/s1. The van der Waals surface area contributed by atoms with E-state index in [0.29, 0.717) is 29.0 Å². The molecule has 4 rings (SSSR count). The molecule has 156 valence electrons. The van der Waals surface area contributed by atoms with E-state index >= 15 is 0 Å². The number of amides is 1. The molecule has 0 aliphatic heterocycles. The Kier molecular flexibility index (Phi) is 5.87. The number of hydrogen-bond acceptors (Lipinski definition) is 5. The zero-order chi connectivity index (χ0) is 21.3. The molecule has 2 aromatic heterocycles. The van der Waals surface area contributed by atoms with E-state index in [1.54, 1.807) is 6.92 Å². The van der Waals surface area contributed by atoms with Gasteiger partial charge in [0.05, 0.1) is 17.7 Å². The molecule has 1 amide bonds. The van der Waals surface area contributed by atoms with E-state index in [9.17, 15) is 14.7 Å². The molecular weight excluding hydrogens is 450 g/mol. The Bertz CT molecular complexity index is 1070. The zero-order valence-corrected chi connectivity index (χ0v) is 18.0. The summed E-state index contributed by atoms with van der Waals surface area (Å²) in [5, 5.41) is 17.0. The Labute approximate surface area is 182 Å². The van der Waals surface area contributed by atoms with Gasteiger partial charge in [-0.2, -0.15) is 0 Å². The average molecular weight is 472 g/mol. The number of benzene rings is 1. The summed E-state index contributed by atoms with van der Waals surface area (Å²) < 4.78 is 6.21. The molecule has 3 aromatic rings. The second-order valence-corrected chi connectivity index (χ2v) is 8.45. The molecule has 7 nitrogen and oxygen atoms in total.